The van der Waals surface area contributed by atoms with Crippen molar-refractivity contribution < 1.29 is 0 Å². The number of aryl methyl sites for hydroxylation is 1. The molecule has 6 nitrogen and oxygen atoms in total. The largest absolute Gasteiger partial charge is 0.359 e. The molecule has 0 aliphatic heterocycles. The van der Waals surface area contributed by atoms with Gasteiger partial charge >= 0.3 is 11.4 Å². The molecule has 36 heavy (non-hydrogen) atoms. The molecule has 6 heteroatoms. The minimum absolute atomic E-state index is 0.287. The highest BCUT2D eigenvalue weighted by Crippen LogP contribution is 2.20. The summed E-state index contributed by atoms with van der Waals surface area (Å²) in [6.07, 6.45) is 0. The Labute approximate surface area is 206 Å². The Morgan fingerprint density at radius 2 is 1.42 bits per heavy atom. The summed E-state index contributed by atoms with van der Waals surface area (Å²) in [6, 6.07) is 31.2. The van der Waals surface area contributed by atoms with Crippen molar-refractivity contribution in [2.45, 2.75) is 6.92 Å². The second kappa shape index (κ2) is 8.57. The summed E-state index contributed by atoms with van der Waals surface area (Å²) in [4.78, 5) is 28.5. The molecule has 0 radical (unpaired) electrons. The van der Waals surface area contributed by atoms with Crippen LogP contribution in [-0.2, 0) is 0 Å². The third-order valence-electron chi connectivity index (χ3n) is 6.11. The maximum atomic E-state index is 13.0. The van der Waals surface area contributed by atoms with E-state index in [0.717, 1.165) is 32.2 Å². The van der Waals surface area contributed by atoms with Gasteiger partial charge in [0.2, 0.25) is 0 Å². The van der Waals surface area contributed by atoms with Crippen LogP contribution in [0, 0.1) is 18.8 Å². The summed E-state index contributed by atoms with van der Waals surface area (Å²) in [5.74, 6) is 6.38. The molecule has 6 rings (SSSR count). The third kappa shape index (κ3) is 3.79. The van der Waals surface area contributed by atoms with Crippen molar-refractivity contribution in [2.24, 2.45) is 0 Å². The van der Waals surface area contributed by atoms with E-state index in [1.54, 1.807) is 18.2 Å². The van der Waals surface area contributed by atoms with Crippen molar-refractivity contribution in [3.8, 4) is 28.7 Å². The SMILES string of the molecule is Cc1ccc(-n2nc3c4cc(C#Cc5ccc(-c6ccccc6)cc5)ccc4[nH]c(=O)n3c2=O)cc1. The van der Waals surface area contributed by atoms with Crippen LogP contribution in [0.5, 0.6) is 0 Å². The van der Waals surface area contributed by atoms with Gasteiger partial charge in [-0.2, -0.15) is 9.08 Å². The first-order chi connectivity index (χ1) is 17.6. The number of aromatic nitrogens is 4. The first-order valence-corrected chi connectivity index (χ1v) is 11.5. The van der Waals surface area contributed by atoms with Crippen LogP contribution in [0.1, 0.15) is 16.7 Å². The fourth-order valence-electron chi connectivity index (χ4n) is 4.19. The molecule has 0 unspecified atom stereocenters. The topological polar surface area (TPSA) is 72.2 Å². The molecule has 0 spiro atoms. The second-order valence-corrected chi connectivity index (χ2v) is 8.57. The number of nitrogens with one attached hydrogen (secondary N) is 1. The van der Waals surface area contributed by atoms with Gasteiger partial charge in [-0.3, -0.25) is 0 Å². The van der Waals surface area contributed by atoms with Gasteiger partial charge in [-0.05, 0) is 60.5 Å². The van der Waals surface area contributed by atoms with E-state index in [9.17, 15) is 9.59 Å². The number of fused-ring (bicyclic) bond motifs is 3. The smallest absolute Gasteiger partial charge is 0.306 e. The highest BCUT2D eigenvalue weighted by atomic mass is 16.2. The molecule has 0 saturated carbocycles. The molecule has 0 atom stereocenters. The Morgan fingerprint density at radius 3 is 2.17 bits per heavy atom. The van der Waals surface area contributed by atoms with Crippen molar-refractivity contribution in [3.63, 3.8) is 0 Å². The lowest BCUT2D eigenvalue weighted by Gasteiger charge is -2.01. The van der Waals surface area contributed by atoms with Gasteiger partial charge in [-0.25, -0.2) is 9.59 Å². The molecule has 0 aliphatic carbocycles. The van der Waals surface area contributed by atoms with Gasteiger partial charge in [-0.15, -0.1) is 5.10 Å². The molecule has 2 heterocycles. The summed E-state index contributed by atoms with van der Waals surface area (Å²) < 4.78 is 2.30. The number of nitrogens with zero attached hydrogens (tertiary/aromatic N) is 3. The van der Waals surface area contributed by atoms with Crippen molar-refractivity contribution in [1.29, 1.82) is 0 Å². The standard InChI is InChI=1S/C30H20N4O2/c1-20-7-16-25(17-8-20)34-30(36)33-28(32-34)26-19-22(13-18-27(26)31-29(33)35)10-9-21-11-14-24(15-12-21)23-5-3-2-4-6-23/h2-8,11-19H,1H3,(H,31,35). The number of hydrogen-bond acceptors (Lipinski definition) is 3. The molecule has 0 bridgehead atoms. The number of aromatic amines is 1. The van der Waals surface area contributed by atoms with E-state index in [1.165, 1.54) is 4.68 Å². The van der Waals surface area contributed by atoms with Gasteiger partial charge in [0.25, 0.3) is 0 Å². The summed E-state index contributed by atoms with van der Waals surface area (Å²) >= 11 is 0. The monoisotopic (exact) mass is 468 g/mol. The molecule has 0 amide bonds. The Morgan fingerprint density at radius 1 is 0.750 bits per heavy atom. The van der Waals surface area contributed by atoms with E-state index in [-0.39, 0.29) is 5.65 Å². The summed E-state index contributed by atoms with van der Waals surface area (Å²) in [5, 5.41) is 5.14. The minimum atomic E-state index is -0.529. The molecular formula is C30H20N4O2. The van der Waals surface area contributed by atoms with Crippen LogP contribution in [0.4, 0.5) is 0 Å². The van der Waals surface area contributed by atoms with Crippen LogP contribution in [0.15, 0.2) is 107 Å². The van der Waals surface area contributed by atoms with Crippen LogP contribution in [-0.4, -0.2) is 19.2 Å². The average molecular weight is 469 g/mol. The molecule has 0 fully saturated rings. The molecule has 4 aromatic carbocycles. The van der Waals surface area contributed by atoms with E-state index < -0.39 is 11.4 Å². The van der Waals surface area contributed by atoms with Crippen molar-refractivity contribution in [3.05, 3.63) is 135 Å². The lowest BCUT2D eigenvalue weighted by molar-refractivity contribution is 0.827. The van der Waals surface area contributed by atoms with E-state index in [4.69, 9.17) is 0 Å². The highest BCUT2D eigenvalue weighted by molar-refractivity contribution is 5.92. The third-order valence-corrected chi connectivity index (χ3v) is 6.11. The molecule has 0 aliphatic rings. The lowest BCUT2D eigenvalue weighted by Crippen LogP contribution is -2.29. The maximum Gasteiger partial charge on any atom is 0.359 e. The molecule has 2 aromatic heterocycles. The van der Waals surface area contributed by atoms with E-state index >= 15 is 0 Å². The Bertz CT molecular complexity index is 1920. The lowest BCUT2D eigenvalue weighted by atomic mass is 10.0. The van der Waals surface area contributed by atoms with Gasteiger partial charge in [0, 0.05) is 16.5 Å². The quantitative estimate of drug-likeness (QED) is 0.375. The molecule has 1 N–H and O–H groups in total. The van der Waals surface area contributed by atoms with Crippen LogP contribution in [0.25, 0.3) is 33.4 Å². The minimum Gasteiger partial charge on any atom is -0.306 e. The van der Waals surface area contributed by atoms with Gasteiger partial charge in [0.05, 0.1) is 11.2 Å². The highest BCUT2D eigenvalue weighted by Gasteiger charge is 2.15. The average Bonchev–Trinajstić information content (AvgIpc) is 3.27. The summed E-state index contributed by atoms with van der Waals surface area (Å²) in [6.45, 7) is 1.97. The Balaban J connectivity index is 1.41. The normalized spacial score (nSPS) is 10.9. The molecule has 6 aromatic rings. The number of hydrogen-bond donors (Lipinski definition) is 1. The first-order valence-electron chi connectivity index (χ1n) is 11.5. The zero-order valence-corrected chi connectivity index (χ0v) is 19.4. The number of rotatable bonds is 2. The summed E-state index contributed by atoms with van der Waals surface area (Å²) in [5.41, 5.74) is 5.42. The van der Waals surface area contributed by atoms with Gasteiger partial charge in [0.1, 0.15) is 0 Å². The van der Waals surface area contributed by atoms with Crippen LogP contribution in [0.3, 0.4) is 0 Å². The predicted molar refractivity (Wildman–Crippen MR) is 142 cm³/mol. The number of benzene rings is 4. The van der Waals surface area contributed by atoms with Crippen molar-refractivity contribution in [2.75, 3.05) is 0 Å². The second-order valence-electron chi connectivity index (χ2n) is 8.57. The number of H-pyrrole nitrogens is 1. The zero-order valence-electron chi connectivity index (χ0n) is 19.4. The predicted octanol–water partition coefficient (Wildman–Crippen LogP) is 4.70. The van der Waals surface area contributed by atoms with Crippen LogP contribution >= 0.6 is 0 Å². The Hall–Kier alpha value is -5.15. The van der Waals surface area contributed by atoms with E-state index in [1.807, 2.05) is 61.5 Å². The molecule has 172 valence electrons. The maximum absolute atomic E-state index is 13.0. The summed E-state index contributed by atoms with van der Waals surface area (Å²) in [7, 11) is 0. The van der Waals surface area contributed by atoms with Crippen molar-refractivity contribution in [1.82, 2.24) is 19.2 Å². The van der Waals surface area contributed by atoms with Gasteiger partial charge in [-0.1, -0.05) is 72.0 Å². The first kappa shape index (κ1) is 21.4. The van der Waals surface area contributed by atoms with Gasteiger partial charge < -0.3 is 4.98 Å². The van der Waals surface area contributed by atoms with E-state index in [2.05, 4.69) is 46.2 Å². The van der Waals surface area contributed by atoms with E-state index in [0.29, 0.717) is 16.6 Å². The fraction of sp³-hybridized carbons (Fsp3) is 0.0333. The van der Waals surface area contributed by atoms with Crippen LogP contribution in [0.2, 0.25) is 0 Å². The fourth-order valence-corrected chi connectivity index (χ4v) is 4.19. The Kier molecular flexibility index (Phi) is 5.09. The van der Waals surface area contributed by atoms with Crippen molar-refractivity contribution >= 4 is 16.6 Å². The molecule has 0 saturated heterocycles. The van der Waals surface area contributed by atoms with Gasteiger partial charge in [0.15, 0.2) is 5.65 Å². The zero-order chi connectivity index (χ0) is 24.6. The van der Waals surface area contributed by atoms with Crippen LogP contribution < -0.4 is 11.4 Å². The molecular weight excluding hydrogens is 448 g/mol.